The molecule has 2 rings (SSSR count). The molecule has 21 heavy (non-hydrogen) atoms. The largest absolute Gasteiger partial charge is 0.478 e. The van der Waals surface area contributed by atoms with Crippen molar-refractivity contribution in [2.24, 2.45) is 5.92 Å². The highest BCUT2D eigenvalue weighted by Gasteiger charge is 2.42. The fourth-order valence-corrected chi connectivity index (χ4v) is 2.95. The van der Waals surface area contributed by atoms with Crippen LogP contribution >= 0.6 is 11.3 Å². The number of anilines is 1. The van der Waals surface area contributed by atoms with E-state index in [1.54, 1.807) is 0 Å². The number of hydrogen-bond donors (Lipinski definition) is 2. The zero-order valence-corrected chi connectivity index (χ0v) is 11.6. The molecule has 1 aliphatic heterocycles. The van der Waals surface area contributed by atoms with E-state index >= 15 is 0 Å². The highest BCUT2D eigenvalue weighted by atomic mass is 32.1. The van der Waals surface area contributed by atoms with Crippen LogP contribution in [0.1, 0.15) is 23.2 Å². The van der Waals surface area contributed by atoms with Gasteiger partial charge in [0, 0.05) is 13.1 Å². The van der Waals surface area contributed by atoms with Crippen LogP contribution in [0, 0.1) is 5.92 Å². The molecule has 0 aromatic carbocycles. The van der Waals surface area contributed by atoms with Crippen molar-refractivity contribution >= 4 is 28.3 Å². The quantitative estimate of drug-likeness (QED) is 0.878. The standard InChI is InChI=1S/C12H13F3N2O3S/c13-12(14,15)7-2-1-4-17(6-7)11(20)16-9-8(10(18)19)3-5-21-9/h3,5,7H,1-2,4,6H2,(H,16,20)(H,18,19). The second-order valence-corrected chi connectivity index (χ2v) is 5.64. The minimum absolute atomic E-state index is 0.00661. The van der Waals surface area contributed by atoms with Gasteiger partial charge in [-0.2, -0.15) is 13.2 Å². The normalized spacial score (nSPS) is 19.4. The van der Waals surface area contributed by atoms with Gasteiger partial charge >= 0.3 is 18.2 Å². The van der Waals surface area contributed by atoms with Gasteiger partial charge in [-0.25, -0.2) is 9.59 Å². The van der Waals surface area contributed by atoms with Gasteiger partial charge in [0.15, 0.2) is 0 Å². The fourth-order valence-electron chi connectivity index (χ4n) is 2.18. The first-order valence-electron chi connectivity index (χ1n) is 6.22. The van der Waals surface area contributed by atoms with Gasteiger partial charge in [-0.3, -0.25) is 5.32 Å². The molecule has 2 N–H and O–H groups in total. The Hall–Kier alpha value is -1.77. The van der Waals surface area contributed by atoms with Crippen LogP contribution < -0.4 is 5.32 Å². The molecule has 1 atom stereocenters. The lowest BCUT2D eigenvalue weighted by molar-refractivity contribution is -0.183. The predicted octanol–water partition coefficient (Wildman–Crippen LogP) is 3.25. The van der Waals surface area contributed by atoms with E-state index < -0.39 is 30.6 Å². The predicted molar refractivity (Wildman–Crippen MR) is 70.6 cm³/mol. The van der Waals surface area contributed by atoms with Crippen molar-refractivity contribution in [1.29, 1.82) is 0 Å². The van der Waals surface area contributed by atoms with E-state index in [1.807, 2.05) is 0 Å². The van der Waals surface area contributed by atoms with Gasteiger partial charge < -0.3 is 10.0 Å². The highest BCUT2D eigenvalue weighted by Crippen LogP contribution is 2.33. The average Bonchev–Trinajstić information content (AvgIpc) is 2.86. The third-order valence-corrected chi connectivity index (χ3v) is 4.12. The van der Waals surface area contributed by atoms with E-state index in [0.29, 0.717) is 0 Å². The van der Waals surface area contributed by atoms with Crippen LogP contribution in [0.15, 0.2) is 11.4 Å². The van der Waals surface area contributed by atoms with Crippen LogP contribution in [-0.4, -0.2) is 41.3 Å². The molecule has 116 valence electrons. The Balaban J connectivity index is 2.03. The van der Waals surface area contributed by atoms with Gasteiger partial charge in [-0.15, -0.1) is 11.3 Å². The Kier molecular flexibility index (Phi) is 4.40. The summed E-state index contributed by atoms with van der Waals surface area (Å²) >= 11 is 1.01. The number of urea groups is 1. The van der Waals surface area contributed by atoms with E-state index in [4.69, 9.17) is 5.11 Å². The number of halogens is 3. The van der Waals surface area contributed by atoms with Gasteiger partial charge in [-0.1, -0.05) is 0 Å². The third kappa shape index (κ3) is 3.66. The summed E-state index contributed by atoms with van der Waals surface area (Å²) in [5.41, 5.74) is -0.0715. The summed E-state index contributed by atoms with van der Waals surface area (Å²) in [6.07, 6.45) is -4.05. The molecule has 0 spiro atoms. The summed E-state index contributed by atoms with van der Waals surface area (Å²) in [5, 5.41) is 12.9. The van der Waals surface area contributed by atoms with Crippen molar-refractivity contribution in [3.63, 3.8) is 0 Å². The van der Waals surface area contributed by atoms with Crippen molar-refractivity contribution in [3.05, 3.63) is 17.0 Å². The number of carboxylic acids is 1. The molecular formula is C12H13F3N2O3S. The van der Waals surface area contributed by atoms with Crippen LogP contribution in [0.25, 0.3) is 0 Å². The van der Waals surface area contributed by atoms with Crippen molar-refractivity contribution in [3.8, 4) is 0 Å². The molecule has 1 saturated heterocycles. The molecule has 1 fully saturated rings. The Morgan fingerprint density at radius 1 is 1.43 bits per heavy atom. The zero-order chi connectivity index (χ0) is 15.6. The number of carbonyl (C=O) groups excluding carboxylic acids is 1. The van der Waals surface area contributed by atoms with Crippen molar-refractivity contribution in [1.82, 2.24) is 4.90 Å². The number of rotatable bonds is 2. The Bertz CT molecular complexity index is 544. The second-order valence-electron chi connectivity index (χ2n) is 4.73. The average molecular weight is 322 g/mol. The minimum atomic E-state index is -4.33. The zero-order valence-electron chi connectivity index (χ0n) is 10.8. The summed E-state index contributed by atoms with van der Waals surface area (Å²) < 4.78 is 38.1. The van der Waals surface area contributed by atoms with Crippen molar-refractivity contribution < 1.29 is 27.9 Å². The molecule has 9 heteroatoms. The van der Waals surface area contributed by atoms with Crippen LogP contribution in [0.4, 0.5) is 23.0 Å². The summed E-state index contributed by atoms with van der Waals surface area (Å²) in [5.74, 6) is -2.72. The van der Waals surface area contributed by atoms with Crippen LogP contribution in [0.2, 0.25) is 0 Å². The first-order valence-corrected chi connectivity index (χ1v) is 7.10. The lowest BCUT2D eigenvalue weighted by Gasteiger charge is -2.33. The molecule has 2 heterocycles. The molecule has 0 aliphatic carbocycles. The molecule has 2 amide bonds. The van der Waals surface area contributed by atoms with Crippen LogP contribution in [0.5, 0.6) is 0 Å². The topological polar surface area (TPSA) is 69.6 Å². The van der Waals surface area contributed by atoms with Gasteiger partial charge in [0.2, 0.25) is 0 Å². The number of carbonyl (C=O) groups is 2. The summed E-state index contributed by atoms with van der Waals surface area (Å²) in [6, 6.07) is 0.631. The Morgan fingerprint density at radius 2 is 2.14 bits per heavy atom. The first kappa shape index (κ1) is 15.6. The SMILES string of the molecule is O=C(O)c1ccsc1NC(=O)N1CCCC(C(F)(F)F)C1. The summed E-state index contributed by atoms with van der Waals surface area (Å²) in [4.78, 5) is 24.0. The smallest absolute Gasteiger partial charge is 0.393 e. The molecule has 1 aromatic rings. The number of nitrogens with one attached hydrogen (secondary N) is 1. The number of aromatic carboxylic acids is 1. The number of thiophene rings is 1. The number of alkyl halides is 3. The van der Waals surface area contributed by atoms with E-state index in [-0.39, 0.29) is 30.0 Å². The number of nitrogens with zero attached hydrogens (tertiary/aromatic N) is 1. The molecule has 0 bridgehead atoms. The maximum atomic E-state index is 12.7. The van der Waals surface area contributed by atoms with E-state index in [0.717, 1.165) is 16.2 Å². The Labute approximate surface area is 122 Å². The molecule has 1 aromatic heterocycles. The van der Waals surface area contributed by atoms with E-state index in [9.17, 15) is 22.8 Å². The van der Waals surface area contributed by atoms with Gasteiger partial charge in [-0.05, 0) is 24.3 Å². The molecular weight excluding hydrogens is 309 g/mol. The monoisotopic (exact) mass is 322 g/mol. The summed E-state index contributed by atoms with van der Waals surface area (Å²) in [6.45, 7) is -0.171. The number of carboxylic acid groups (broad SMARTS) is 1. The molecule has 1 unspecified atom stereocenters. The van der Waals surface area contributed by atoms with Crippen LogP contribution in [0.3, 0.4) is 0 Å². The fraction of sp³-hybridized carbons (Fsp3) is 0.500. The highest BCUT2D eigenvalue weighted by molar-refractivity contribution is 7.14. The van der Waals surface area contributed by atoms with E-state index in [1.165, 1.54) is 11.4 Å². The lowest BCUT2D eigenvalue weighted by atomic mass is 9.98. The molecule has 1 aliphatic rings. The van der Waals surface area contributed by atoms with Gasteiger partial charge in [0.1, 0.15) is 5.00 Å². The van der Waals surface area contributed by atoms with Crippen LogP contribution in [-0.2, 0) is 0 Å². The van der Waals surface area contributed by atoms with Gasteiger partial charge in [0.25, 0.3) is 0 Å². The number of likely N-dealkylation sites (tertiary alicyclic amines) is 1. The van der Waals surface area contributed by atoms with Gasteiger partial charge in [0.05, 0.1) is 11.5 Å². The lowest BCUT2D eigenvalue weighted by Crippen LogP contribution is -2.46. The molecule has 0 radical (unpaired) electrons. The third-order valence-electron chi connectivity index (χ3n) is 3.29. The Morgan fingerprint density at radius 3 is 2.76 bits per heavy atom. The number of amides is 2. The maximum absolute atomic E-state index is 12.7. The minimum Gasteiger partial charge on any atom is -0.478 e. The maximum Gasteiger partial charge on any atom is 0.393 e. The second kappa shape index (κ2) is 5.92. The number of hydrogen-bond acceptors (Lipinski definition) is 3. The van der Waals surface area contributed by atoms with Crippen molar-refractivity contribution in [2.45, 2.75) is 19.0 Å². The first-order chi connectivity index (χ1) is 9.79. The molecule has 5 nitrogen and oxygen atoms in total. The summed E-state index contributed by atoms with van der Waals surface area (Å²) in [7, 11) is 0. The number of piperidine rings is 1. The van der Waals surface area contributed by atoms with Crippen molar-refractivity contribution in [2.75, 3.05) is 18.4 Å². The van der Waals surface area contributed by atoms with E-state index in [2.05, 4.69) is 5.32 Å². The molecule has 0 saturated carbocycles.